The molecule has 0 saturated heterocycles. The zero-order valence-corrected chi connectivity index (χ0v) is 18.5. The van der Waals surface area contributed by atoms with E-state index in [1.807, 2.05) is 36.4 Å². The first-order valence-electron chi connectivity index (χ1n) is 10.3. The Labute approximate surface area is 204 Å². The van der Waals surface area contributed by atoms with Crippen molar-refractivity contribution in [3.8, 4) is 22.3 Å². The molecule has 0 unspecified atom stereocenters. The van der Waals surface area contributed by atoms with Gasteiger partial charge in [0.25, 0.3) is 5.91 Å². The van der Waals surface area contributed by atoms with Crippen LogP contribution in [0.4, 0.5) is 0 Å². The quantitative estimate of drug-likeness (QED) is 0.316. The van der Waals surface area contributed by atoms with Gasteiger partial charge in [-0.05, 0) is 46.5 Å². The molecular formula is C26H19N3O7. The standard InChI is InChI=1S/C13H10N2O3.C13H9NO4/c14-12(16)10-6-9(7-11(15-10)13(17)18)8-4-2-1-3-5-8;15-12(16)10-6-9(7-11(14-10)13(17)18)8-4-2-1-3-5-8/h1-7H,(H2,14,16)(H,17,18);1-7H,(H,15,16)(H,17,18). The van der Waals surface area contributed by atoms with Crippen molar-refractivity contribution >= 4 is 23.8 Å². The molecule has 0 aliphatic carbocycles. The fourth-order valence-corrected chi connectivity index (χ4v) is 3.11. The minimum Gasteiger partial charge on any atom is -0.477 e. The summed E-state index contributed by atoms with van der Waals surface area (Å²) < 4.78 is 0. The number of nitrogens with two attached hydrogens (primary N) is 1. The highest BCUT2D eigenvalue weighted by Gasteiger charge is 2.14. The van der Waals surface area contributed by atoms with Crippen LogP contribution in [0.15, 0.2) is 84.9 Å². The third kappa shape index (κ3) is 6.35. The number of carbonyl (C=O) groups is 4. The number of aromatic carboxylic acids is 3. The lowest BCUT2D eigenvalue weighted by molar-refractivity contribution is 0.0672. The first-order chi connectivity index (χ1) is 17.2. The lowest BCUT2D eigenvalue weighted by Crippen LogP contribution is -2.15. The summed E-state index contributed by atoms with van der Waals surface area (Å²) in [4.78, 5) is 51.1. The maximum absolute atomic E-state index is 11.1. The van der Waals surface area contributed by atoms with Gasteiger partial charge < -0.3 is 21.1 Å². The van der Waals surface area contributed by atoms with E-state index in [1.54, 1.807) is 24.3 Å². The van der Waals surface area contributed by atoms with Crippen molar-refractivity contribution in [1.82, 2.24) is 9.97 Å². The Morgan fingerprint density at radius 3 is 1.11 bits per heavy atom. The number of carboxylic acid groups (broad SMARTS) is 3. The van der Waals surface area contributed by atoms with Crippen LogP contribution in [0.5, 0.6) is 0 Å². The molecule has 10 heteroatoms. The van der Waals surface area contributed by atoms with Gasteiger partial charge in [-0.3, -0.25) is 4.79 Å². The van der Waals surface area contributed by atoms with E-state index >= 15 is 0 Å². The molecule has 0 saturated carbocycles. The van der Waals surface area contributed by atoms with E-state index < -0.39 is 23.8 Å². The van der Waals surface area contributed by atoms with Gasteiger partial charge in [-0.1, -0.05) is 60.7 Å². The predicted octanol–water partition coefficient (Wildman–Crippen LogP) is 3.69. The lowest BCUT2D eigenvalue weighted by atomic mass is 10.0. The van der Waals surface area contributed by atoms with Crippen LogP contribution in [0.2, 0.25) is 0 Å². The van der Waals surface area contributed by atoms with Gasteiger partial charge in [-0.25, -0.2) is 24.4 Å². The Hall–Kier alpha value is -5.38. The molecule has 2 aromatic carbocycles. The summed E-state index contributed by atoms with van der Waals surface area (Å²) in [6, 6.07) is 23.6. The smallest absolute Gasteiger partial charge is 0.354 e. The number of nitrogens with zero attached hydrogens (tertiary/aromatic N) is 2. The molecule has 0 radical (unpaired) electrons. The van der Waals surface area contributed by atoms with Crippen LogP contribution in [-0.2, 0) is 0 Å². The number of hydrogen-bond acceptors (Lipinski definition) is 6. The van der Waals surface area contributed by atoms with Crippen molar-refractivity contribution in [3.05, 3.63) is 108 Å². The molecule has 2 aromatic heterocycles. The van der Waals surface area contributed by atoms with Gasteiger partial charge in [0.2, 0.25) is 0 Å². The summed E-state index contributed by atoms with van der Waals surface area (Å²) >= 11 is 0. The number of pyridine rings is 2. The minimum absolute atomic E-state index is 0.0613. The molecule has 4 aromatic rings. The Balaban J connectivity index is 0.000000201. The first-order valence-corrected chi connectivity index (χ1v) is 10.3. The van der Waals surface area contributed by atoms with Crippen molar-refractivity contribution in [3.63, 3.8) is 0 Å². The van der Waals surface area contributed by atoms with Gasteiger partial charge in [0, 0.05) is 0 Å². The van der Waals surface area contributed by atoms with Crippen LogP contribution >= 0.6 is 0 Å². The molecular weight excluding hydrogens is 466 g/mol. The Morgan fingerprint density at radius 2 is 0.806 bits per heavy atom. The number of aromatic nitrogens is 2. The van der Waals surface area contributed by atoms with E-state index in [9.17, 15) is 19.2 Å². The number of hydrogen-bond donors (Lipinski definition) is 4. The highest BCUT2D eigenvalue weighted by molar-refractivity contribution is 5.95. The van der Waals surface area contributed by atoms with Crippen LogP contribution in [0.1, 0.15) is 42.0 Å². The monoisotopic (exact) mass is 485 g/mol. The summed E-state index contributed by atoms with van der Waals surface area (Å²) in [6.07, 6.45) is 0. The average Bonchev–Trinajstić information content (AvgIpc) is 2.89. The third-order valence-electron chi connectivity index (χ3n) is 4.77. The van der Waals surface area contributed by atoms with E-state index in [2.05, 4.69) is 9.97 Å². The molecule has 2 heterocycles. The van der Waals surface area contributed by atoms with E-state index in [-0.39, 0.29) is 22.8 Å². The Bertz CT molecular complexity index is 1260. The van der Waals surface area contributed by atoms with Crippen molar-refractivity contribution in [2.45, 2.75) is 0 Å². The van der Waals surface area contributed by atoms with Gasteiger partial charge in [0.05, 0.1) is 0 Å². The molecule has 0 aliphatic rings. The molecule has 0 bridgehead atoms. The number of carbonyl (C=O) groups excluding carboxylic acids is 1. The van der Waals surface area contributed by atoms with Crippen molar-refractivity contribution in [2.75, 3.05) is 0 Å². The van der Waals surface area contributed by atoms with Crippen molar-refractivity contribution in [2.24, 2.45) is 5.73 Å². The summed E-state index contributed by atoms with van der Waals surface area (Å²) in [5.41, 5.74) is 6.95. The van der Waals surface area contributed by atoms with E-state index in [1.165, 1.54) is 24.3 Å². The van der Waals surface area contributed by atoms with Crippen molar-refractivity contribution in [1.29, 1.82) is 0 Å². The Morgan fingerprint density at radius 1 is 0.500 bits per heavy atom. The summed E-state index contributed by atoms with van der Waals surface area (Å²) in [5.74, 6) is -4.46. The van der Waals surface area contributed by atoms with Crippen LogP contribution < -0.4 is 5.73 Å². The lowest BCUT2D eigenvalue weighted by Gasteiger charge is -2.05. The molecule has 10 nitrogen and oxygen atoms in total. The second-order valence-corrected chi connectivity index (χ2v) is 7.26. The SMILES string of the molecule is NC(=O)c1cc(-c2ccccc2)cc(C(=O)O)n1.O=C(O)c1cc(-c2ccccc2)cc(C(=O)O)n1. The van der Waals surface area contributed by atoms with E-state index in [0.717, 1.165) is 11.1 Å². The molecule has 0 fully saturated rings. The maximum Gasteiger partial charge on any atom is 0.354 e. The number of amides is 1. The zero-order chi connectivity index (χ0) is 26.2. The molecule has 0 aliphatic heterocycles. The minimum atomic E-state index is -1.25. The fraction of sp³-hybridized carbons (Fsp3) is 0. The largest absolute Gasteiger partial charge is 0.477 e. The molecule has 4 rings (SSSR count). The first kappa shape index (κ1) is 25.2. The number of rotatable bonds is 6. The number of carboxylic acids is 3. The summed E-state index contributed by atoms with van der Waals surface area (Å²) in [7, 11) is 0. The number of benzene rings is 2. The third-order valence-corrected chi connectivity index (χ3v) is 4.77. The molecule has 5 N–H and O–H groups in total. The summed E-state index contributed by atoms with van der Waals surface area (Å²) in [6.45, 7) is 0. The van der Waals surface area contributed by atoms with Gasteiger partial charge in [-0.15, -0.1) is 0 Å². The maximum atomic E-state index is 11.1. The van der Waals surface area contributed by atoms with Crippen LogP contribution in [-0.4, -0.2) is 49.1 Å². The normalized spacial score (nSPS) is 10.0. The second-order valence-electron chi connectivity index (χ2n) is 7.26. The molecule has 0 spiro atoms. The predicted molar refractivity (Wildman–Crippen MR) is 129 cm³/mol. The fourth-order valence-electron chi connectivity index (χ4n) is 3.11. The molecule has 180 valence electrons. The van der Waals surface area contributed by atoms with Crippen LogP contribution in [0, 0.1) is 0 Å². The highest BCUT2D eigenvalue weighted by Crippen LogP contribution is 2.22. The van der Waals surface area contributed by atoms with E-state index in [0.29, 0.717) is 11.1 Å². The summed E-state index contributed by atoms with van der Waals surface area (Å²) in [5, 5.41) is 26.8. The Kier molecular flexibility index (Phi) is 7.83. The highest BCUT2D eigenvalue weighted by atomic mass is 16.4. The molecule has 0 atom stereocenters. The van der Waals surface area contributed by atoms with Crippen LogP contribution in [0.3, 0.4) is 0 Å². The van der Waals surface area contributed by atoms with Gasteiger partial charge in [0.1, 0.15) is 22.8 Å². The average molecular weight is 485 g/mol. The van der Waals surface area contributed by atoms with Gasteiger partial charge >= 0.3 is 17.9 Å². The van der Waals surface area contributed by atoms with Gasteiger partial charge in [-0.2, -0.15) is 0 Å². The van der Waals surface area contributed by atoms with E-state index in [4.69, 9.17) is 21.1 Å². The molecule has 36 heavy (non-hydrogen) atoms. The topological polar surface area (TPSA) is 181 Å². The van der Waals surface area contributed by atoms with Crippen LogP contribution in [0.25, 0.3) is 22.3 Å². The second kappa shape index (κ2) is 11.2. The van der Waals surface area contributed by atoms with Crippen molar-refractivity contribution < 1.29 is 34.5 Å². The number of primary amides is 1. The molecule has 1 amide bonds. The van der Waals surface area contributed by atoms with Gasteiger partial charge in [0.15, 0.2) is 0 Å². The zero-order valence-electron chi connectivity index (χ0n) is 18.5.